The van der Waals surface area contributed by atoms with Crippen molar-refractivity contribution in [1.29, 1.82) is 0 Å². The molecule has 0 nitrogen and oxygen atoms in total. The predicted octanol–water partition coefficient (Wildman–Crippen LogP) is 5.42. The molecule has 0 radical (unpaired) electrons. The summed E-state index contributed by atoms with van der Waals surface area (Å²) < 4.78 is 0.947. The molecule has 76 valence electrons. The molecule has 2 aromatic carbocycles. The van der Waals surface area contributed by atoms with Crippen molar-refractivity contribution in [2.24, 2.45) is 0 Å². The van der Waals surface area contributed by atoms with Crippen LogP contribution in [0.2, 0.25) is 10.0 Å². The maximum Gasteiger partial charge on any atom is 0.0681 e. The Morgan fingerprint density at radius 2 is 1.53 bits per heavy atom. The van der Waals surface area contributed by atoms with Crippen LogP contribution in [0, 0.1) is 0 Å². The van der Waals surface area contributed by atoms with Crippen molar-refractivity contribution in [2.75, 3.05) is 0 Å². The van der Waals surface area contributed by atoms with Crippen molar-refractivity contribution >= 4 is 39.1 Å². The maximum absolute atomic E-state index is 6.17. The third kappa shape index (κ3) is 2.20. The molecular weight excluding hydrogens is 295 g/mol. The molecule has 0 aliphatic rings. The Hall–Kier alpha value is -0.500. The van der Waals surface area contributed by atoms with Gasteiger partial charge in [-0.2, -0.15) is 0 Å². The number of hydrogen-bond donors (Lipinski definition) is 0. The average molecular weight is 302 g/mol. The van der Waals surface area contributed by atoms with Crippen molar-refractivity contribution in [2.45, 2.75) is 0 Å². The molecule has 2 rings (SSSR count). The van der Waals surface area contributed by atoms with Crippen molar-refractivity contribution in [3.05, 3.63) is 57.0 Å². The summed E-state index contributed by atoms with van der Waals surface area (Å²) in [6, 6.07) is 13.6. The molecule has 0 aromatic heterocycles. The van der Waals surface area contributed by atoms with E-state index in [2.05, 4.69) is 15.9 Å². The Morgan fingerprint density at radius 1 is 0.867 bits per heavy atom. The summed E-state index contributed by atoms with van der Waals surface area (Å²) in [6.07, 6.45) is 0. The van der Waals surface area contributed by atoms with Gasteiger partial charge in [0.2, 0.25) is 0 Å². The van der Waals surface area contributed by atoms with Crippen LogP contribution in [-0.2, 0) is 0 Å². The normalized spacial score (nSPS) is 10.3. The van der Waals surface area contributed by atoms with Crippen molar-refractivity contribution in [1.82, 2.24) is 0 Å². The van der Waals surface area contributed by atoms with Crippen LogP contribution < -0.4 is 0 Å². The Balaban J connectivity index is 2.68. The predicted molar refractivity (Wildman–Crippen MR) is 69.6 cm³/mol. The van der Waals surface area contributed by atoms with E-state index in [9.17, 15) is 0 Å². The van der Waals surface area contributed by atoms with Gasteiger partial charge in [-0.25, -0.2) is 0 Å². The average Bonchev–Trinajstić information content (AvgIpc) is 2.26. The van der Waals surface area contributed by atoms with Crippen LogP contribution in [0.5, 0.6) is 0 Å². The third-order valence-electron chi connectivity index (χ3n) is 2.11. The molecule has 0 saturated heterocycles. The minimum Gasteiger partial charge on any atom is -0.0827 e. The van der Waals surface area contributed by atoms with E-state index < -0.39 is 0 Å². The fourth-order valence-electron chi connectivity index (χ4n) is 1.40. The second-order valence-corrected chi connectivity index (χ2v) is 4.72. The molecule has 3 heteroatoms. The highest BCUT2D eigenvalue weighted by molar-refractivity contribution is 9.10. The molecule has 0 aliphatic carbocycles. The topological polar surface area (TPSA) is 0 Å². The van der Waals surface area contributed by atoms with Gasteiger partial charge in [-0.3, -0.25) is 0 Å². The molecule has 0 N–H and O–H groups in total. The Kier molecular flexibility index (Phi) is 3.35. The van der Waals surface area contributed by atoms with Crippen LogP contribution >= 0.6 is 39.1 Å². The Morgan fingerprint density at radius 3 is 2.20 bits per heavy atom. The van der Waals surface area contributed by atoms with Crippen molar-refractivity contribution in [3.63, 3.8) is 0 Å². The minimum atomic E-state index is 0.568. The van der Waals surface area contributed by atoms with Crippen molar-refractivity contribution < 1.29 is 0 Å². The minimum absolute atomic E-state index is 0.568. The van der Waals surface area contributed by atoms with Gasteiger partial charge in [0.05, 0.1) is 10.0 Å². The summed E-state index contributed by atoms with van der Waals surface area (Å²) in [5, 5.41) is 1.15. The van der Waals surface area contributed by atoms with Gasteiger partial charge < -0.3 is 0 Å². The van der Waals surface area contributed by atoms with Crippen LogP contribution in [0.4, 0.5) is 0 Å². The van der Waals surface area contributed by atoms with Gasteiger partial charge in [-0.15, -0.1) is 0 Å². The first-order valence-corrected chi connectivity index (χ1v) is 5.94. The van der Waals surface area contributed by atoms with Crippen molar-refractivity contribution in [3.8, 4) is 11.1 Å². The fourth-order valence-corrected chi connectivity index (χ4v) is 2.50. The van der Waals surface area contributed by atoms with Gasteiger partial charge in [0.25, 0.3) is 0 Å². The maximum atomic E-state index is 6.17. The van der Waals surface area contributed by atoms with Crippen LogP contribution in [0.3, 0.4) is 0 Å². The van der Waals surface area contributed by atoms with E-state index in [0.29, 0.717) is 10.0 Å². The quantitative estimate of drug-likeness (QED) is 0.617. The van der Waals surface area contributed by atoms with E-state index in [1.54, 1.807) is 6.07 Å². The van der Waals surface area contributed by atoms with E-state index in [0.717, 1.165) is 15.6 Å². The summed E-state index contributed by atoms with van der Waals surface area (Å²) in [5.41, 5.74) is 1.99. The molecule has 2 aromatic rings. The first kappa shape index (κ1) is 11.0. The smallest absolute Gasteiger partial charge is 0.0681 e. The van der Waals surface area contributed by atoms with E-state index in [-0.39, 0.29) is 0 Å². The molecule has 0 saturated carbocycles. The lowest BCUT2D eigenvalue weighted by molar-refractivity contribution is 1.58. The highest BCUT2D eigenvalue weighted by Crippen LogP contribution is 2.38. The molecule has 0 amide bonds. The molecule has 0 heterocycles. The molecule has 0 unspecified atom stereocenters. The summed E-state index contributed by atoms with van der Waals surface area (Å²) in [5.74, 6) is 0. The van der Waals surface area contributed by atoms with Gasteiger partial charge in [0.1, 0.15) is 0 Å². The summed E-state index contributed by atoms with van der Waals surface area (Å²) in [4.78, 5) is 0. The first-order valence-electron chi connectivity index (χ1n) is 4.39. The fraction of sp³-hybridized carbons (Fsp3) is 0. The SMILES string of the molecule is Clc1ccc(Br)c(-c2ccccc2)c1Cl. The van der Waals surface area contributed by atoms with Gasteiger partial charge in [0, 0.05) is 10.0 Å². The van der Waals surface area contributed by atoms with Crippen LogP contribution in [0.25, 0.3) is 11.1 Å². The summed E-state index contributed by atoms with van der Waals surface area (Å²) in [7, 11) is 0. The van der Waals surface area contributed by atoms with Crippen LogP contribution in [-0.4, -0.2) is 0 Å². The van der Waals surface area contributed by atoms with Gasteiger partial charge >= 0.3 is 0 Å². The van der Waals surface area contributed by atoms with Gasteiger partial charge in [0.15, 0.2) is 0 Å². The zero-order valence-corrected chi connectivity index (χ0v) is 10.8. The zero-order chi connectivity index (χ0) is 10.8. The lowest BCUT2D eigenvalue weighted by atomic mass is 10.1. The van der Waals surface area contributed by atoms with Crippen LogP contribution in [0.15, 0.2) is 46.9 Å². The standard InChI is InChI=1S/C12H7BrCl2/c13-9-6-7-10(14)12(15)11(9)8-4-2-1-3-5-8/h1-7H. The highest BCUT2D eigenvalue weighted by atomic mass is 79.9. The molecule has 0 bridgehead atoms. The molecule has 0 spiro atoms. The number of halogens is 3. The molecule has 0 atom stereocenters. The van der Waals surface area contributed by atoms with Gasteiger partial charge in [-0.1, -0.05) is 69.5 Å². The van der Waals surface area contributed by atoms with E-state index in [1.807, 2.05) is 36.4 Å². The number of rotatable bonds is 1. The second-order valence-electron chi connectivity index (χ2n) is 3.08. The van der Waals surface area contributed by atoms with E-state index in [4.69, 9.17) is 23.2 Å². The molecule has 15 heavy (non-hydrogen) atoms. The largest absolute Gasteiger partial charge is 0.0827 e. The lowest BCUT2D eigenvalue weighted by Crippen LogP contribution is -1.82. The first-order chi connectivity index (χ1) is 7.20. The van der Waals surface area contributed by atoms with Gasteiger partial charge in [-0.05, 0) is 17.7 Å². The Bertz CT molecular complexity index is 480. The highest BCUT2D eigenvalue weighted by Gasteiger charge is 2.10. The number of benzene rings is 2. The molecule has 0 aliphatic heterocycles. The second kappa shape index (κ2) is 4.56. The number of hydrogen-bond acceptors (Lipinski definition) is 0. The van der Waals surface area contributed by atoms with E-state index >= 15 is 0 Å². The van der Waals surface area contributed by atoms with Crippen LogP contribution in [0.1, 0.15) is 0 Å². The van der Waals surface area contributed by atoms with E-state index in [1.165, 1.54) is 0 Å². The lowest BCUT2D eigenvalue weighted by Gasteiger charge is -2.08. The summed E-state index contributed by atoms with van der Waals surface area (Å²) >= 11 is 15.6. The Labute approximate surface area is 107 Å². The summed E-state index contributed by atoms with van der Waals surface area (Å²) in [6.45, 7) is 0. The third-order valence-corrected chi connectivity index (χ3v) is 3.57. The monoisotopic (exact) mass is 300 g/mol. The molecule has 0 fully saturated rings. The molecular formula is C12H7BrCl2. The zero-order valence-electron chi connectivity index (χ0n) is 7.68.